The van der Waals surface area contributed by atoms with Gasteiger partial charge in [0, 0.05) is 18.8 Å². The first kappa shape index (κ1) is 15.2. The summed E-state index contributed by atoms with van der Waals surface area (Å²) in [7, 11) is -1.50. The van der Waals surface area contributed by atoms with Gasteiger partial charge < -0.3 is 8.85 Å². The first-order valence-electron chi connectivity index (χ1n) is 6.72. The van der Waals surface area contributed by atoms with Crippen LogP contribution in [0, 0.1) is 0 Å². The molecule has 0 saturated heterocycles. The lowest BCUT2D eigenvalue weighted by molar-refractivity contribution is 0.205. The molecular weight excluding hydrogens is 240 g/mol. The van der Waals surface area contributed by atoms with Crippen LogP contribution in [0.25, 0.3) is 6.08 Å². The second kappa shape index (κ2) is 9.08. The molecule has 0 aromatic heterocycles. The highest BCUT2D eigenvalue weighted by Gasteiger charge is 2.19. The van der Waals surface area contributed by atoms with Crippen LogP contribution < -0.4 is 0 Å². The van der Waals surface area contributed by atoms with E-state index in [1.807, 2.05) is 19.9 Å². The van der Waals surface area contributed by atoms with Gasteiger partial charge in [-0.2, -0.15) is 0 Å². The van der Waals surface area contributed by atoms with Crippen LogP contribution in [0.15, 0.2) is 36.4 Å². The highest BCUT2D eigenvalue weighted by molar-refractivity contribution is 6.46. The Bertz CT molecular complexity index is 332. The van der Waals surface area contributed by atoms with E-state index in [-0.39, 0.29) is 0 Å². The molecular formula is C15H24O2Si. The summed E-state index contributed by atoms with van der Waals surface area (Å²) in [6.45, 7) is 7.79. The van der Waals surface area contributed by atoms with Crippen molar-refractivity contribution in [1.82, 2.24) is 0 Å². The highest BCUT2D eigenvalue weighted by atomic mass is 28.3. The van der Waals surface area contributed by atoms with Crippen molar-refractivity contribution in [3.05, 3.63) is 42.0 Å². The van der Waals surface area contributed by atoms with Crippen LogP contribution in [0.1, 0.15) is 32.8 Å². The van der Waals surface area contributed by atoms with Crippen molar-refractivity contribution in [2.45, 2.75) is 32.7 Å². The van der Waals surface area contributed by atoms with Crippen LogP contribution in [0.3, 0.4) is 0 Å². The number of hydrogen-bond acceptors (Lipinski definition) is 2. The molecule has 0 fully saturated rings. The summed E-state index contributed by atoms with van der Waals surface area (Å²) in [5.74, 6) is 0. The fourth-order valence-corrected chi connectivity index (χ4v) is 3.59. The Balaban J connectivity index is 2.43. The molecule has 1 rings (SSSR count). The average Bonchev–Trinajstić information content (AvgIpc) is 2.39. The molecule has 18 heavy (non-hydrogen) atoms. The van der Waals surface area contributed by atoms with Gasteiger partial charge in [0.1, 0.15) is 0 Å². The first-order chi connectivity index (χ1) is 8.77. The van der Waals surface area contributed by atoms with Crippen LogP contribution in [0.5, 0.6) is 0 Å². The largest absolute Gasteiger partial charge is 0.397 e. The van der Waals surface area contributed by atoms with Crippen molar-refractivity contribution in [3.8, 4) is 0 Å². The second-order valence-electron chi connectivity index (χ2n) is 4.31. The Morgan fingerprint density at radius 1 is 1.11 bits per heavy atom. The van der Waals surface area contributed by atoms with Gasteiger partial charge in [0.15, 0.2) is 0 Å². The lowest BCUT2D eigenvalue weighted by Gasteiger charge is -2.20. The Morgan fingerprint density at radius 3 is 2.28 bits per heavy atom. The van der Waals surface area contributed by atoms with Gasteiger partial charge in [0.05, 0.1) is 0 Å². The summed E-state index contributed by atoms with van der Waals surface area (Å²) in [4.78, 5) is 0. The van der Waals surface area contributed by atoms with Gasteiger partial charge >= 0.3 is 9.28 Å². The fraction of sp³-hybridized carbons (Fsp3) is 0.467. The zero-order valence-corrected chi connectivity index (χ0v) is 12.8. The second-order valence-corrected chi connectivity index (χ2v) is 6.85. The Hall–Kier alpha value is -0.903. The summed E-state index contributed by atoms with van der Waals surface area (Å²) in [5, 5.41) is 0. The summed E-state index contributed by atoms with van der Waals surface area (Å²) in [6.07, 6.45) is 5.41. The number of allylic oxidation sites excluding steroid dienone is 1. The molecule has 100 valence electrons. The topological polar surface area (TPSA) is 18.5 Å². The predicted octanol–water partition coefficient (Wildman–Crippen LogP) is 3.77. The number of hydrogen-bond donors (Lipinski definition) is 0. The molecule has 0 saturated carbocycles. The smallest absolute Gasteiger partial charge is 0.324 e. The number of benzene rings is 1. The molecule has 0 aliphatic carbocycles. The van der Waals surface area contributed by atoms with E-state index in [0.717, 1.165) is 19.6 Å². The SMILES string of the molecule is CCO[SiH](OCC)C(C)CC=Cc1ccccc1. The molecule has 1 unspecified atom stereocenters. The molecule has 0 N–H and O–H groups in total. The maximum atomic E-state index is 5.73. The van der Waals surface area contributed by atoms with Crippen LogP contribution >= 0.6 is 0 Å². The molecule has 0 amide bonds. The molecule has 0 radical (unpaired) electrons. The van der Waals surface area contributed by atoms with E-state index in [9.17, 15) is 0 Å². The quantitative estimate of drug-likeness (QED) is 0.665. The van der Waals surface area contributed by atoms with Crippen molar-refractivity contribution in [1.29, 1.82) is 0 Å². The van der Waals surface area contributed by atoms with Gasteiger partial charge in [-0.25, -0.2) is 0 Å². The summed E-state index contributed by atoms with van der Waals surface area (Å²) < 4.78 is 11.5. The van der Waals surface area contributed by atoms with Crippen LogP contribution in [-0.2, 0) is 8.85 Å². The Morgan fingerprint density at radius 2 is 1.72 bits per heavy atom. The summed E-state index contributed by atoms with van der Waals surface area (Å²) in [5.41, 5.74) is 1.75. The van der Waals surface area contributed by atoms with E-state index in [0.29, 0.717) is 5.54 Å². The lowest BCUT2D eigenvalue weighted by Crippen LogP contribution is -2.27. The minimum absolute atomic E-state index is 0.505. The number of rotatable bonds is 8. The first-order valence-corrected chi connectivity index (χ1v) is 8.33. The average molecular weight is 264 g/mol. The van der Waals surface area contributed by atoms with Gasteiger partial charge in [-0.05, 0) is 25.8 Å². The lowest BCUT2D eigenvalue weighted by atomic mass is 10.2. The van der Waals surface area contributed by atoms with E-state index >= 15 is 0 Å². The van der Waals surface area contributed by atoms with E-state index in [1.54, 1.807) is 0 Å². The Kier molecular flexibility index (Phi) is 7.65. The molecule has 1 aromatic carbocycles. The van der Waals surface area contributed by atoms with Crippen molar-refractivity contribution in [2.24, 2.45) is 0 Å². The highest BCUT2D eigenvalue weighted by Crippen LogP contribution is 2.18. The monoisotopic (exact) mass is 264 g/mol. The van der Waals surface area contributed by atoms with Crippen LogP contribution in [0.4, 0.5) is 0 Å². The van der Waals surface area contributed by atoms with Crippen LogP contribution in [0.2, 0.25) is 5.54 Å². The molecule has 2 nitrogen and oxygen atoms in total. The third kappa shape index (κ3) is 5.62. The standard InChI is InChI=1S/C15H24O2Si/c1-4-16-18(17-5-2)14(3)10-9-13-15-11-7-6-8-12-15/h6-9,11-14,18H,4-5,10H2,1-3H3. The molecule has 0 aliphatic rings. The van der Waals surface area contributed by atoms with Crippen LogP contribution in [-0.4, -0.2) is 22.5 Å². The third-order valence-corrected chi connectivity index (χ3v) is 5.27. The summed E-state index contributed by atoms with van der Waals surface area (Å²) >= 11 is 0. The fourth-order valence-electron chi connectivity index (χ4n) is 1.80. The normalized spacial score (nSPS) is 13.3. The maximum absolute atomic E-state index is 5.73. The van der Waals surface area contributed by atoms with Gasteiger partial charge in [-0.1, -0.05) is 49.4 Å². The molecule has 3 heteroatoms. The molecule has 0 aliphatic heterocycles. The minimum Gasteiger partial charge on any atom is -0.397 e. The molecule has 0 spiro atoms. The van der Waals surface area contributed by atoms with Crippen molar-refractivity contribution >= 4 is 15.4 Å². The van der Waals surface area contributed by atoms with E-state index in [4.69, 9.17) is 8.85 Å². The Labute approximate surface area is 112 Å². The molecule has 1 aromatic rings. The molecule has 0 bridgehead atoms. The zero-order chi connectivity index (χ0) is 13.2. The van der Waals surface area contributed by atoms with E-state index in [2.05, 4.69) is 43.3 Å². The minimum atomic E-state index is -1.50. The van der Waals surface area contributed by atoms with Crippen molar-refractivity contribution in [2.75, 3.05) is 13.2 Å². The van der Waals surface area contributed by atoms with Crippen molar-refractivity contribution in [3.63, 3.8) is 0 Å². The van der Waals surface area contributed by atoms with Gasteiger partial charge in [-0.3, -0.25) is 0 Å². The zero-order valence-electron chi connectivity index (χ0n) is 11.6. The van der Waals surface area contributed by atoms with E-state index in [1.165, 1.54) is 5.56 Å². The maximum Gasteiger partial charge on any atom is 0.324 e. The molecule has 1 atom stereocenters. The van der Waals surface area contributed by atoms with Gasteiger partial charge in [0.2, 0.25) is 0 Å². The van der Waals surface area contributed by atoms with E-state index < -0.39 is 9.28 Å². The van der Waals surface area contributed by atoms with Gasteiger partial charge in [0.25, 0.3) is 0 Å². The summed E-state index contributed by atoms with van der Waals surface area (Å²) in [6, 6.07) is 10.4. The van der Waals surface area contributed by atoms with Crippen molar-refractivity contribution < 1.29 is 8.85 Å². The molecule has 0 heterocycles. The third-order valence-electron chi connectivity index (χ3n) is 2.74. The predicted molar refractivity (Wildman–Crippen MR) is 79.9 cm³/mol. The van der Waals surface area contributed by atoms with Gasteiger partial charge in [-0.15, -0.1) is 0 Å².